The first-order valence-corrected chi connectivity index (χ1v) is 6.03. The summed E-state index contributed by atoms with van der Waals surface area (Å²) >= 11 is 0. The number of phenols is 1. The number of aromatic hydroxyl groups is 1. The number of nitrogens with one attached hydrogen (secondary N) is 1. The van der Waals surface area contributed by atoms with Gasteiger partial charge in [-0.05, 0) is 24.6 Å². The fourth-order valence-corrected chi connectivity index (χ4v) is 2.44. The van der Waals surface area contributed by atoms with Gasteiger partial charge >= 0.3 is 0 Å². The van der Waals surface area contributed by atoms with E-state index in [9.17, 15) is 10.4 Å². The summed E-state index contributed by atoms with van der Waals surface area (Å²) < 4.78 is 5.37. The molecule has 1 unspecified atom stereocenters. The summed E-state index contributed by atoms with van der Waals surface area (Å²) in [6.07, 6.45) is 0. The minimum absolute atomic E-state index is 0.0415. The molecule has 1 aliphatic rings. The summed E-state index contributed by atoms with van der Waals surface area (Å²) in [6, 6.07) is 8.82. The third-order valence-corrected chi connectivity index (χ3v) is 3.33. The number of nitriles is 1. The third-order valence-electron chi connectivity index (χ3n) is 3.33. The second-order valence-electron chi connectivity index (χ2n) is 4.59. The van der Waals surface area contributed by atoms with Crippen molar-refractivity contribution >= 4 is 0 Å². The van der Waals surface area contributed by atoms with E-state index in [4.69, 9.17) is 10.5 Å². The minimum atomic E-state index is -0.394. The number of H-pyrrole nitrogens is 1. The SMILES string of the molecule is Cc1[nH]nc2c1C(c1cccc(O)c1)C(C#N)=C(N)O2. The number of benzene rings is 1. The van der Waals surface area contributed by atoms with Crippen molar-refractivity contribution in [2.24, 2.45) is 5.73 Å². The number of nitrogens with zero attached hydrogens (tertiary/aromatic N) is 2. The van der Waals surface area contributed by atoms with Crippen LogP contribution in [-0.4, -0.2) is 15.3 Å². The molecule has 0 fully saturated rings. The zero-order valence-corrected chi connectivity index (χ0v) is 10.7. The van der Waals surface area contributed by atoms with Crippen LogP contribution in [0.25, 0.3) is 0 Å². The van der Waals surface area contributed by atoms with Gasteiger partial charge in [-0.3, -0.25) is 5.10 Å². The van der Waals surface area contributed by atoms with Crippen molar-refractivity contribution in [1.82, 2.24) is 10.2 Å². The molecule has 0 saturated carbocycles. The molecular formula is C14H12N4O2. The molecule has 6 nitrogen and oxygen atoms in total. The van der Waals surface area contributed by atoms with Gasteiger partial charge < -0.3 is 15.6 Å². The summed E-state index contributed by atoms with van der Waals surface area (Å²) in [5, 5.41) is 25.9. The predicted octanol–water partition coefficient (Wildman–Crippen LogP) is 1.64. The quantitative estimate of drug-likeness (QED) is 0.728. The lowest BCUT2D eigenvalue weighted by Gasteiger charge is -2.23. The van der Waals surface area contributed by atoms with Crippen LogP contribution in [0.4, 0.5) is 0 Å². The lowest BCUT2D eigenvalue weighted by molar-refractivity contribution is 0.378. The van der Waals surface area contributed by atoms with Gasteiger partial charge in [0.05, 0.1) is 5.92 Å². The molecule has 1 aromatic heterocycles. The molecule has 1 aromatic carbocycles. The molecule has 0 bridgehead atoms. The molecule has 0 saturated heterocycles. The molecule has 100 valence electrons. The number of allylic oxidation sites excluding steroid dienone is 1. The van der Waals surface area contributed by atoms with Gasteiger partial charge in [0, 0.05) is 11.3 Å². The highest BCUT2D eigenvalue weighted by Crippen LogP contribution is 2.42. The van der Waals surface area contributed by atoms with Gasteiger partial charge in [0.15, 0.2) is 0 Å². The van der Waals surface area contributed by atoms with Crippen molar-refractivity contribution in [2.45, 2.75) is 12.8 Å². The van der Waals surface area contributed by atoms with E-state index in [1.165, 1.54) is 0 Å². The van der Waals surface area contributed by atoms with Crippen LogP contribution in [0.15, 0.2) is 35.7 Å². The number of nitrogens with two attached hydrogens (primary N) is 1. The topological polar surface area (TPSA) is 108 Å². The van der Waals surface area contributed by atoms with E-state index in [0.29, 0.717) is 11.5 Å². The zero-order valence-electron chi connectivity index (χ0n) is 10.7. The van der Waals surface area contributed by atoms with Crippen LogP contribution in [0.5, 0.6) is 11.6 Å². The number of ether oxygens (including phenoxy) is 1. The van der Waals surface area contributed by atoms with Crippen LogP contribution >= 0.6 is 0 Å². The van der Waals surface area contributed by atoms with Crippen LogP contribution < -0.4 is 10.5 Å². The lowest BCUT2D eigenvalue weighted by atomic mass is 9.84. The molecule has 0 radical (unpaired) electrons. The fraction of sp³-hybridized carbons (Fsp3) is 0.143. The van der Waals surface area contributed by atoms with Crippen molar-refractivity contribution in [3.05, 3.63) is 52.5 Å². The molecule has 0 aliphatic carbocycles. The van der Waals surface area contributed by atoms with Gasteiger partial charge in [-0.15, -0.1) is 5.10 Å². The summed E-state index contributed by atoms with van der Waals surface area (Å²) in [5.74, 6) is 0.148. The molecule has 2 aromatic rings. The molecule has 2 heterocycles. The predicted molar refractivity (Wildman–Crippen MR) is 70.7 cm³/mol. The maximum Gasteiger partial charge on any atom is 0.244 e. The first-order valence-electron chi connectivity index (χ1n) is 6.03. The minimum Gasteiger partial charge on any atom is -0.508 e. The Morgan fingerprint density at radius 3 is 3.00 bits per heavy atom. The van der Waals surface area contributed by atoms with Gasteiger partial charge in [-0.1, -0.05) is 12.1 Å². The van der Waals surface area contributed by atoms with Crippen LogP contribution in [0.2, 0.25) is 0 Å². The molecule has 0 spiro atoms. The molecule has 20 heavy (non-hydrogen) atoms. The first-order chi connectivity index (χ1) is 9.61. The fourth-order valence-electron chi connectivity index (χ4n) is 2.44. The van der Waals surface area contributed by atoms with Gasteiger partial charge in [0.1, 0.15) is 17.4 Å². The maximum absolute atomic E-state index is 9.65. The van der Waals surface area contributed by atoms with Crippen molar-refractivity contribution < 1.29 is 9.84 Å². The Kier molecular flexibility index (Phi) is 2.61. The Hall–Kier alpha value is -2.94. The Morgan fingerprint density at radius 1 is 1.50 bits per heavy atom. The summed E-state index contributed by atoms with van der Waals surface area (Å²) in [6.45, 7) is 1.85. The van der Waals surface area contributed by atoms with Gasteiger partial charge in [0.25, 0.3) is 0 Å². The molecule has 3 rings (SSSR count). The van der Waals surface area contributed by atoms with Gasteiger partial charge in [-0.25, -0.2) is 0 Å². The monoisotopic (exact) mass is 268 g/mol. The normalized spacial score (nSPS) is 17.3. The highest BCUT2D eigenvalue weighted by Gasteiger charge is 2.34. The number of hydrogen-bond donors (Lipinski definition) is 3. The van der Waals surface area contributed by atoms with Gasteiger partial charge in [-0.2, -0.15) is 5.26 Å². The zero-order chi connectivity index (χ0) is 14.3. The van der Waals surface area contributed by atoms with Crippen LogP contribution in [0, 0.1) is 18.3 Å². The Labute approximate surface area is 115 Å². The molecule has 0 amide bonds. The van der Waals surface area contributed by atoms with Crippen molar-refractivity contribution in [3.8, 4) is 17.7 Å². The standard InChI is InChI=1S/C14H12N4O2/c1-7-11-12(8-3-2-4-9(19)5-8)10(6-15)13(16)20-14(11)18-17-7/h2-5,12,19H,16H2,1H3,(H,17,18). The van der Waals surface area contributed by atoms with Crippen molar-refractivity contribution in [2.75, 3.05) is 0 Å². The number of aromatic nitrogens is 2. The second kappa shape index (κ2) is 4.31. The number of fused-ring (bicyclic) bond motifs is 1. The lowest BCUT2D eigenvalue weighted by Crippen LogP contribution is -2.21. The highest BCUT2D eigenvalue weighted by atomic mass is 16.5. The van der Waals surface area contributed by atoms with E-state index in [1.54, 1.807) is 18.2 Å². The number of hydrogen-bond acceptors (Lipinski definition) is 5. The van der Waals surface area contributed by atoms with Crippen LogP contribution in [-0.2, 0) is 0 Å². The average molecular weight is 268 g/mol. The van der Waals surface area contributed by atoms with Crippen LogP contribution in [0.1, 0.15) is 22.7 Å². The summed E-state index contributed by atoms with van der Waals surface area (Å²) in [5.41, 5.74) is 8.44. The van der Waals surface area contributed by atoms with Crippen LogP contribution in [0.3, 0.4) is 0 Å². The number of phenolic OH excluding ortho intramolecular Hbond substituents is 1. The highest BCUT2D eigenvalue weighted by molar-refractivity contribution is 5.55. The molecule has 1 atom stereocenters. The van der Waals surface area contributed by atoms with E-state index >= 15 is 0 Å². The summed E-state index contributed by atoms with van der Waals surface area (Å²) in [7, 11) is 0. The Balaban J connectivity index is 2.25. The Morgan fingerprint density at radius 2 is 2.30 bits per heavy atom. The smallest absolute Gasteiger partial charge is 0.244 e. The van der Waals surface area contributed by atoms with E-state index in [2.05, 4.69) is 16.3 Å². The molecule has 1 aliphatic heterocycles. The Bertz CT molecular complexity index is 755. The molecular weight excluding hydrogens is 256 g/mol. The van der Waals surface area contributed by atoms with Crippen molar-refractivity contribution in [1.29, 1.82) is 5.26 Å². The molecule has 6 heteroatoms. The molecule has 4 N–H and O–H groups in total. The third kappa shape index (κ3) is 1.68. The number of rotatable bonds is 1. The average Bonchev–Trinajstić information content (AvgIpc) is 2.78. The van der Waals surface area contributed by atoms with E-state index in [-0.39, 0.29) is 11.6 Å². The van der Waals surface area contributed by atoms with Gasteiger partial charge in [0.2, 0.25) is 11.8 Å². The number of aryl methyl sites for hydroxylation is 1. The van der Waals surface area contributed by atoms with E-state index in [0.717, 1.165) is 16.8 Å². The van der Waals surface area contributed by atoms with E-state index < -0.39 is 5.92 Å². The number of aromatic amines is 1. The maximum atomic E-state index is 9.65. The van der Waals surface area contributed by atoms with E-state index in [1.807, 2.05) is 13.0 Å². The summed E-state index contributed by atoms with van der Waals surface area (Å²) in [4.78, 5) is 0. The second-order valence-corrected chi connectivity index (χ2v) is 4.59. The van der Waals surface area contributed by atoms with Crippen molar-refractivity contribution in [3.63, 3.8) is 0 Å². The first kappa shape index (κ1) is 12.1. The largest absolute Gasteiger partial charge is 0.508 e.